The van der Waals surface area contributed by atoms with E-state index < -0.39 is 5.60 Å². The summed E-state index contributed by atoms with van der Waals surface area (Å²) in [5, 5.41) is 0. The fraction of sp³-hybridized carbons (Fsp3) is 0.500. The number of hydrogen-bond donors (Lipinski definition) is 0. The second-order valence-corrected chi connectivity index (χ2v) is 8.56. The zero-order valence-electron chi connectivity index (χ0n) is 18.8. The third-order valence-electron chi connectivity index (χ3n) is 6.57. The van der Waals surface area contributed by atoms with Gasteiger partial charge in [0.2, 0.25) is 0 Å². The predicted molar refractivity (Wildman–Crippen MR) is 121 cm³/mol. The largest absolute Gasteiger partial charge is 0.376 e. The summed E-state index contributed by atoms with van der Waals surface area (Å²) in [6, 6.07) is 10.3. The molecule has 168 valence electrons. The van der Waals surface area contributed by atoms with Crippen LogP contribution < -0.4 is 0 Å². The topological polar surface area (TPSA) is 83.7 Å². The van der Waals surface area contributed by atoms with E-state index in [9.17, 15) is 0 Å². The van der Waals surface area contributed by atoms with Gasteiger partial charge in [-0.25, -0.2) is 15.0 Å². The number of imidazole rings is 1. The predicted octanol–water partition coefficient (Wildman–Crippen LogP) is 4.16. The number of nitrogens with zero attached hydrogens (tertiary/aromatic N) is 5. The van der Waals surface area contributed by atoms with Gasteiger partial charge in [0.25, 0.3) is 5.95 Å². The van der Waals surface area contributed by atoms with Crippen molar-refractivity contribution in [1.29, 1.82) is 0 Å². The molecule has 1 unspecified atom stereocenters. The minimum Gasteiger partial charge on any atom is -0.376 e. The van der Waals surface area contributed by atoms with Crippen molar-refractivity contribution in [1.82, 2.24) is 19.5 Å². The lowest BCUT2D eigenvalue weighted by Crippen LogP contribution is -2.45. The van der Waals surface area contributed by atoms with E-state index in [4.69, 9.17) is 19.2 Å². The highest BCUT2D eigenvalue weighted by molar-refractivity contribution is 5.75. The Morgan fingerprint density at radius 2 is 2.09 bits per heavy atom. The molecule has 3 aromatic rings. The Hall–Kier alpha value is -2.68. The van der Waals surface area contributed by atoms with Crippen molar-refractivity contribution in [2.45, 2.75) is 58.2 Å². The molecule has 2 aliphatic rings. The number of aryl methyl sites for hydroxylation is 1. The highest BCUT2D eigenvalue weighted by atomic mass is 16.7. The molecule has 32 heavy (non-hydrogen) atoms. The third-order valence-corrected chi connectivity index (χ3v) is 6.57. The molecular formula is C24H29N5O3. The van der Waals surface area contributed by atoms with Crippen LogP contribution in [0.15, 0.2) is 41.7 Å². The number of fused-ring (bicyclic) bond motifs is 1. The van der Waals surface area contributed by atoms with E-state index >= 15 is 0 Å². The first-order chi connectivity index (χ1) is 15.6. The van der Waals surface area contributed by atoms with Crippen molar-refractivity contribution in [2.75, 3.05) is 13.2 Å². The number of benzene rings is 1. The Labute approximate surface area is 187 Å². The average Bonchev–Trinajstić information content (AvgIpc) is 3.47. The van der Waals surface area contributed by atoms with Crippen molar-refractivity contribution >= 4 is 23.3 Å². The number of aliphatic imine (C=N–C) groups is 1. The van der Waals surface area contributed by atoms with E-state index in [1.807, 2.05) is 45.3 Å². The lowest BCUT2D eigenvalue weighted by Gasteiger charge is -2.35. The van der Waals surface area contributed by atoms with Crippen LogP contribution in [-0.4, -0.2) is 50.8 Å². The summed E-state index contributed by atoms with van der Waals surface area (Å²) in [6.07, 6.45) is 5.24. The van der Waals surface area contributed by atoms with Gasteiger partial charge >= 0.3 is 0 Å². The SMILES string of the molecule is CC=Nc1nc(C)c2ncn([C@H]3CC[C@@H](COCc4ccccc4)[C@@]34COC(C)O4)c2n1. The molecule has 5 rings (SSSR count). The van der Waals surface area contributed by atoms with Gasteiger partial charge in [-0.3, -0.25) is 0 Å². The minimum absolute atomic E-state index is 0.0514. The maximum Gasteiger partial charge on any atom is 0.251 e. The molecule has 2 aromatic heterocycles. The van der Waals surface area contributed by atoms with Gasteiger partial charge in [-0.2, -0.15) is 4.98 Å². The van der Waals surface area contributed by atoms with Crippen LogP contribution in [0.4, 0.5) is 5.95 Å². The first-order valence-electron chi connectivity index (χ1n) is 11.2. The van der Waals surface area contributed by atoms with Gasteiger partial charge in [-0.15, -0.1) is 0 Å². The zero-order valence-corrected chi connectivity index (χ0v) is 18.8. The quantitative estimate of drug-likeness (QED) is 0.541. The van der Waals surface area contributed by atoms with Gasteiger partial charge in [0.1, 0.15) is 11.1 Å². The highest BCUT2D eigenvalue weighted by Crippen LogP contribution is 2.51. The second kappa shape index (κ2) is 8.69. The van der Waals surface area contributed by atoms with Gasteiger partial charge < -0.3 is 18.8 Å². The van der Waals surface area contributed by atoms with Gasteiger partial charge in [-0.05, 0) is 39.2 Å². The standard InChI is InChI=1S/C24H29N5O3/c1-4-25-23-27-16(2)21-22(28-23)29(15-26-21)20-11-10-19(24(20)14-31-17(3)32-24)13-30-12-18-8-6-5-7-9-18/h4-9,15,17,19-20H,10-14H2,1-3H3/t17?,19-,20-,24-/m0/s1. The molecule has 1 aliphatic carbocycles. The van der Waals surface area contributed by atoms with Crippen LogP contribution in [0.2, 0.25) is 0 Å². The van der Waals surface area contributed by atoms with E-state index in [1.54, 1.807) is 6.21 Å². The summed E-state index contributed by atoms with van der Waals surface area (Å²) < 4.78 is 20.7. The monoisotopic (exact) mass is 435 g/mol. The number of rotatable bonds is 6. The highest BCUT2D eigenvalue weighted by Gasteiger charge is 2.57. The first-order valence-corrected chi connectivity index (χ1v) is 11.2. The number of hydrogen-bond acceptors (Lipinski definition) is 7. The molecule has 0 amide bonds. The van der Waals surface area contributed by atoms with Gasteiger partial charge in [-0.1, -0.05) is 30.3 Å². The molecule has 8 heteroatoms. The Morgan fingerprint density at radius 1 is 1.25 bits per heavy atom. The van der Waals surface area contributed by atoms with Crippen LogP contribution in [-0.2, 0) is 20.8 Å². The second-order valence-electron chi connectivity index (χ2n) is 8.56. The van der Waals surface area contributed by atoms with Crippen molar-refractivity contribution in [3.05, 3.63) is 47.9 Å². The third kappa shape index (κ3) is 3.72. The van der Waals surface area contributed by atoms with Crippen LogP contribution in [0.3, 0.4) is 0 Å². The molecule has 3 heterocycles. The van der Waals surface area contributed by atoms with Crippen LogP contribution in [0, 0.1) is 12.8 Å². The van der Waals surface area contributed by atoms with Crippen molar-refractivity contribution in [3.63, 3.8) is 0 Å². The first kappa shape index (κ1) is 21.2. The normalized spacial score (nSPS) is 27.9. The molecule has 2 fully saturated rings. The summed E-state index contributed by atoms with van der Waals surface area (Å²) in [6.45, 7) is 7.50. The molecule has 1 saturated heterocycles. The Bertz CT molecular complexity index is 1120. The zero-order chi connectivity index (χ0) is 22.1. The average molecular weight is 436 g/mol. The molecular weight excluding hydrogens is 406 g/mol. The maximum atomic E-state index is 6.49. The van der Waals surface area contributed by atoms with E-state index in [0.717, 1.165) is 29.7 Å². The van der Waals surface area contributed by atoms with Gasteiger partial charge in [0.05, 0.1) is 37.9 Å². The fourth-order valence-electron chi connectivity index (χ4n) is 5.07. The summed E-state index contributed by atoms with van der Waals surface area (Å²) in [4.78, 5) is 18.1. The fourth-order valence-corrected chi connectivity index (χ4v) is 5.07. The van der Waals surface area contributed by atoms with E-state index in [1.165, 1.54) is 5.56 Å². The summed E-state index contributed by atoms with van der Waals surface area (Å²) in [5.74, 6) is 0.667. The molecule has 1 spiro atoms. The lowest BCUT2D eigenvalue weighted by atomic mass is 9.89. The van der Waals surface area contributed by atoms with Crippen molar-refractivity contribution in [2.24, 2.45) is 10.9 Å². The van der Waals surface area contributed by atoms with E-state index in [0.29, 0.717) is 25.8 Å². The van der Waals surface area contributed by atoms with Crippen LogP contribution in [0.1, 0.15) is 44.0 Å². The molecule has 0 N–H and O–H groups in total. The van der Waals surface area contributed by atoms with Crippen molar-refractivity contribution < 1.29 is 14.2 Å². The summed E-state index contributed by atoms with van der Waals surface area (Å²) in [7, 11) is 0. The molecule has 1 aliphatic heterocycles. The summed E-state index contributed by atoms with van der Waals surface area (Å²) in [5.41, 5.74) is 3.10. The Balaban J connectivity index is 1.44. The van der Waals surface area contributed by atoms with Crippen LogP contribution in [0.5, 0.6) is 0 Å². The molecule has 0 bridgehead atoms. The number of ether oxygens (including phenoxy) is 3. The Morgan fingerprint density at radius 3 is 2.84 bits per heavy atom. The Kier molecular flexibility index (Phi) is 5.75. The summed E-state index contributed by atoms with van der Waals surface area (Å²) >= 11 is 0. The van der Waals surface area contributed by atoms with Gasteiger partial charge in [0.15, 0.2) is 11.9 Å². The minimum atomic E-state index is -0.475. The smallest absolute Gasteiger partial charge is 0.251 e. The lowest BCUT2D eigenvalue weighted by molar-refractivity contribution is -0.116. The number of aromatic nitrogens is 4. The van der Waals surface area contributed by atoms with Crippen LogP contribution >= 0.6 is 0 Å². The molecule has 8 nitrogen and oxygen atoms in total. The maximum absolute atomic E-state index is 6.49. The molecule has 1 saturated carbocycles. The van der Waals surface area contributed by atoms with E-state index in [2.05, 4.69) is 31.7 Å². The van der Waals surface area contributed by atoms with Crippen molar-refractivity contribution in [3.8, 4) is 0 Å². The molecule has 4 atom stereocenters. The van der Waals surface area contributed by atoms with Crippen LogP contribution in [0.25, 0.3) is 11.2 Å². The molecule has 0 radical (unpaired) electrons. The van der Waals surface area contributed by atoms with E-state index in [-0.39, 0.29) is 18.2 Å². The van der Waals surface area contributed by atoms with Gasteiger partial charge in [0, 0.05) is 12.1 Å². The molecule has 1 aromatic carbocycles.